The molecular weight excluding hydrogens is 457 g/mol. The fourth-order valence-corrected chi connectivity index (χ4v) is 3.51. The number of aromatic carboxylic acids is 1. The van der Waals surface area contributed by atoms with E-state index in [4.69, 9.17) is 21.4 Å². The van der Waals surface area contributed by atoms with Gasteiger partial charge in [0.25, 0.3) is 5.91 Å². The molecule has 0 heterocycles. The van der Waals surface area contributed by atoms with Gasteiger partial charge >= 0.3 is 5.97 Å². The average molecular weight is 476 g/mol. The Morgan fingerprint density at radius 1 is 0.882 bits per heavy atom. The van der Waals surface area contributed by atoms with E-state index in [2.05, 4.69) is 5.32 Å². The van der Waals surface area contributed by atoms with Gasteiger partial charge in [-0.3, -0.25) is 4.79 Å². The molecule has 0 fully saturated rings. The van der Waals surface area contributed by atoms with E-state index in [1.165, 1.54) is 36.4 Å². The highest BCUT2D eigenvalue weighted by molar-refractivity contribution is 6.30. The fourth-order valence-electron chi connectivity index (χ4n) is 3.32. The molecule has 0 bridgehead atoms. The van der Waals surface area contributed by atoms with Crippen molar-refractivity contribution in [3.63, 3.8) is 0 Å². The summed E-state index contributed by atoms with van der Waals surface area (Å²) in [5, 5.41) is 12.4. The van der Waals surface area contributed by atoms with Crippen LogP contribution in [0.2, 0.25) is 5.02 Å². The smallest absolute Gasteiger partial charge is 0.335 e. The lowest BCUT2D eigenvalue weighted by atomic mass is 10.0. The third-order valence-corrected chi connectivity index (χ3v) is 5.31. The summed E-state index contributed by atoms with van der Waals surface area (Å²) in [5.74, 6) is -1.11. The third kappa shape index (κ3) is 5.60. The van der Waals surface area contributed by atoms with Crippen LogP contribution in [0, 0.1) is 5.82 Å². The number of carboxylic acids is 1. The van der Waals surface area contributed by atoms with Gasteiger partial charge in [0.2, 0.25) is 0 Å². The number of nitrogens with one attached hydrogen (secondary N) is 1. The number of halogens is 2. The number of ether oxygens (including phenoxy) is 1. The molecule has 4 aromatic carbocycles. The van der Waals surface area contributed by atoms with Crippen molar-refractivity contribution in [3.8, 4) is 22.6 Å². The quantitative estimate of drug-likeness (QED) is 0.317. The Morgan fingerprint density at radius 2 is 1.59 bits per heavy atom. The Labute approximate surface area is 200 Å². The zero-order chi connectivity index (χ0) is 24.1. The van der Waals surface area contributed by atoms with Crippen molar-refractivity contribution >= 4 is 23.5 Å². The van der Waals surface area contributed by atoms with Crippen molar-refractivity contribution in [2.45, 2.75) is 6.54 Å². The zero-order valence-electron chi connectivity index (χ0n) is 17.8. The highest BCUT2D eigenvalue weighted by atomic mass is 35.5. The minimum atomic E-state index is -1.02. The molecule has 0 saturated heterocycles. The maximum Gasteiger partial charge on any atom is 0.335 e. The van der Waals surface area contributed by atoms with E-state index >= 15 is 0 Å². The van der Waals surface area contributed by atoms with Crippen LogP contribution < -0.4 is 10.1 Å². The molecule has 1 amide bonds. The van der Waals surface area contributed by atoms with Crippen molar-refractivity contribution < 1.29 is 23.8 Å². The van der Waals surface area contributed by atoms with Crippen LogP contribution in [0.5, 0.6) is 11.5 Å². The molecule has 0 aliphatic heterocycles. The second-order valence-electron chi connectivity index (χ2n) is 7.46. The second kappa shape index (κ2) is 10.2. The molecule has 0 radical (unpaired) electrons. The van der Waals surface area contributed by atoms with Gasteiger partial charge in [0.05, 0.1) is 11.1 Å². The summed E-state index contributed by atoms with van der Waals surface area (Å²) in [6, 6.07) is 24.2. The summed E-state index contributed by atoms with van der Waals surface area (Å²) in [7, 11) is 0. The molecule has 0 aliphatic rings. The van der Waals surface area contributed by atoms with Crippen molar-refractivity contribution in [3.05, 3.63) is 119 Å². The first-order chi connectivity index (χ1) is 16.4. The summed E-state index contributed by atoms with van der Waals surface area (Å²) in [4.78, 5) is 24.2. The number of carbonyl (C=O) groups excluding carboxylic acids is 1. The van der Waals surface area contributed by atoms with Gasteiger partial charge in [-0.2, -0.15) is 0 Å². The fraction of sp³-hybridized carbons (Fsp3) is 0.0370. The summed E-state index contributed by atoms with van der Waals surface area (Å²) < 4.78 is 19.1. The van der Waals surface area contributed by atoms with Gasteiger partial charge in [-0.1, -0.05) is 41.9 Å². The Hall–Kier alpha value is -4.16. The van der Waals surface area contributed by atoms with Gasteiger partial charge in [0.1, 0.15) is 17.3 Å². The van der Waals surface area contributed by atoms with E-state index in [9.17, 15) is 14.0 Å². The van der Waals surface area contributed by atoms with Crippen molar-refractivity contribution in [2.75, 3.05) is 0 Å². The van der Waals surface area contributed by atoms with Crippen LogP contribution in [0.15, 0.2) is 91.0 Å². The van der Waals surface area contributed by atoms with E-state index in [0.29, 0.717) is 16.5 Å². The van der Waals surface area contributed by atoms with Gasteiger partial charge < -0.3 is 15.2 Å². The first-order valence-electron chi connectivity index (χ1n) is 10.3. The van der Waals surface area contributed by atoms with Crippen LogP contribution in [-0.2, 0) is 6.54 Å². The Morgan fingerprint density at radius 3 is 2.26 bits per heavy atom. The average Bonchev–Trinajstić information content (AvgIpc) is 2.84. The van der Waals surface area contributed by atoms with E-state index in [-0.39, 0.29) is 23.6 Å². The summed E-state index contributed by atoms with van der Waals surface area (Å²) in [6.07, 6.45) is 0. The van der Waals surface area contributed by atoms with Crippen LogP contribution in [0.1, 0.15) is 26.3 Å². The molecule has 0 unspecified atom stereocenters. The lowest BCUT2D eigenvalue weighted by Gasteiger charge is -2.14. The van der Waals surface area contributed by atoms with Gasteiger partial charge in [-0.05, 0) is 77.4 Å². The first-order valence-corrected chi connectivity index (χ1v) is 10.7. The van der Waals surface area contributed by atoms with E-state index in [1.807, 2.05) is 18.2 Å². The first kappa shape index (κ1) is 23.0. The van der Waals surface area contributed by atoms with Gasteiger partial charge in [-0.25, -0.2) is 9.18 Å². The van der Waals surface area contributed by atoms with Crippen molar-refractivity contribution in [1.82, 2.24) is 5.32 Å². The predicted octanol–water partition coefficient (Wildman–Crippen LogP) is 6.57. The standard InChI is InChI=1S/C27H19ClFNO4/c28-21-3-1-2-19(14-21)20-8-13-25(34-23-11-9-22(29)10-12-23)24(15-20)26(31)30-16-17-4-6-18(7-5-17)27(32)33/h1-15H,16H2,(H,30,31)(H,32,33). The van der Waals surface area contributed by atoms with Crippen molar-refractivity contribution in [1.29, 1.82) is 0 Å². The number of benzene rings is 4. The maximum absolute atomic E-state index is 13.3. The molecule has 4 rings (SSSR count). The monoisotopic (exact) mass is 475 g/mol. The molecule has 34 heavy (non-hydrogen) atoms. The molecule has 2 N–H and O–H groups in total. The van der Waals surface area contributed by atoms with Crippen LogP contribution in [0.3, 0.4) is 0 Å². The number of rotatable bonds is 7. The lowest BCUT2D eigenvalue weighted by Crippen LogP contribution is -2.23. The van der Waals surface area contributed by atoms with Gasteiger partial charge in [-0.15, -0.1) is 0 Å². The van der Waals surface area contributed by atoms with Crippen LogP contribution in [0.25, 0.3) is 11.1 Å². The van der Waals surface area contributed by atoms with E-state index in [1.54, 1.807) is 36.4 Å². The Balaban J connectivity index is 1.62. The largest absolute Gasteiger partial charge is 0.478 e. The Bertz CT molecular complexity index is 1340. The third-order valence-electron chi connectivity index (χ3n) is 5.08. The molecular formula is C27H19ClFNO4. The second-order valence-corrected chi connectivity index (χ2v) is 7.90. The van der Waals surface area contributed by atoms with Gasteiger partial charge in [0, 0.05) is 11.6 Å². The van der Waals surface area contributed by atoms with Crippen LogP contribution in [-0.4, -0.2) is 17.0 Å². The van der Waals surface area contributed by atoms with Crippen molar-refractivity contribution in [2.24, 2.45) is 0 Å². The number of amides is 1. The molecule has 0 spiro atoms. The number of carboxylic acid groups (broad SMARTS) is 1. The highest BCUT2D eigenvalue weighted by Crippen LogP contribution is 2.31. The summed E-state index contributed by atoms with van der Waals surface area (Å²) >= 11 is 6.13. The molecule has 0 atom stereocenters. The minimum absolute atomic E-state index is 0.166. The summed E-state index contributed by atoms with van der Waals surface area (Å²) in [5.41, 5.74) is 2.79. The summed E-state index contributed by atoms with van der Waals surface area (Å²) in [6.45, 7) is 0.191. The molecule has 5 nitrogen and oxygen atoms in total. The SMILES string of the molecule is O=C(O)c1ccc(CNC(=O)c2cc(-c3cccc(Cl)c3)ccc2Oc2ccc(F)cc2)cc1. The van der Waals surface area contributed by atoms with Crippen LogP contribution >= 0.6 is 11.6 Å². The number of hydrogen-bond acceptors (Lipinski definition) is 3. The molecule has 0 aromatic heterocycles. The molecule has 170 valence electrons. The number of hydrogen-bond donors (Lipinski definition) is 2. The molecule has 0 aliphatic carbocycles. The molecule has 4 aromatic rings. The minimum Gasteiger partial charge on any atom is -0.478 e. The normalized spacial score (nSPS) is 10.5. The van der Waals surface area contributed by atoms with E-state index in [0.717, 1.165) is 16.7 Å². The molecule has 7 heteroatoms. The topological polar surface area (TPSA) is 75.6 Å². The molecule has 0 saturated carbocycles. The lowest BCUT2D eigenvalue weighted by molar-refractivity contribution is 0.0696. The maximum atomic E-state index is 13.3. The van der Waals surface area contributed by atoms with E-state index < -0.39 is 11.8 Å². The van der Waals surface area contributed by atoms with Gasteiger partial charge in [0.15, 0.2) is 0 Å². The van der Waals surface area contributed by atoms with Crippen LogP contribution in [0.4, 0.5) is 4.39 Å². The number of carbonyl (C=O) groups is 2. The predicted molar refractivity (Wildman–Crippen MR) is 128 cm³/mol. The zero-order valence-corrected chi connectivity index (χ0v) is 18.6. The highest BCUT2D eigenvalue weighted by Gasteiger charge is 2.16. The Kier molecular flexibility index (Phi) is 6.90.